The van der Waals surface area contributed by atoms with E-state index in [0.717, 1.165) is 23.2 Å². The Balaban J connectivity index is 1.74. The molecule has 0 bridgehead atoms. The maximum Gasteiger partial charge on any atom is 0.344 e. The molecule has 0 aromatic heterocycles. The van der Waals surface area contributed by atoms with E-state index in [1.807, 2.05) is 30.3 Å². The predicted octanol–water partition coefficient (Wildman–Crippen LogP) is 5.28. The molecule has 0 spiro atoms. The van der Waals surface area contributed by atoms with Crippen LogP contribution in [0, 0.1) is 0 Å². The highest BCUT2D eigenvalue weighted by atomic mass is 79.9. The van der Waals surface area contributed by atoms with Gasteiger partial charge in [-0.3, -0.25) is 4.79 Å². The van der Waals surface area contributed by atoms with Gasteiger partial charge in [0.2, 0.25) is 0 Å². The smallest absolute Gasteiger partial charge is 0.344 e. The highest BCUT2D eigenvalue weighted by molar-refractivity contribution is 9.10. The Kier molecular flexibility index (Phi) is 9.03. The van der Waals surface area contributed by atoms with Crippen LogP contribution in [-0.2, 0) is 27.2 Å². The lowest BCUT2D eigenvalue weighted by Crippen LogP contribution is -2.30. The molecule has 8 heteroatoms. The summed E-state index contributed by atoms with van der Waals surface area (Å²) in [5, 5.41) is 6.28. The van der Waals surface area contributed by atoms with Crippen LogP contribution in [0.2, 0.25) is 0 Å². The molecule has 0 saturated carbocycles. The van der Waals surface area contributed by atoms with Crippen molar-refractivity contribution < 1.29 is 19.1 Å². The van der Waals surface area contributed by atoms with E-state index >= 15 is 0 Å². The molecule has 1 saturated heterocycles. The van der Waals surface area contributed by atoms with E-state index in [4.69, 9.17) is 9.47 Å². The third kappa shape index (κ3) is 6.88. The Morgan fingerprint density at radius 1 is 1.27 bits per heavy atom. The fourth-order valence-corrected chi connectivity index (χ4v) is 4.88. The summed E-state index contributed by atoms with van der Waals surface area (Å²) >= 11 is 4.96. The van der Waals surface area contributed by atoms with Gasteiger partial charge in [-0.2, -0.15) is 0 Å². The number of rotatable bonds is 10. The number of thioether (sulfide) groups is 1. The third-order valence-electron chi connectivity index (χ3n) is 4.84. The molecular weight excluding hydrogens is 504 g/mol. The number of anilines is 1. The molecule has 2 N–H and O–H groups in total. The minimum atomic E-state index is -0.429. The van der Waals surface area contributed by atoms with E-state index in [2.05, 4.69) is 52.2 Å². The SMILES string of the molecule is C=CCc1cc(/C=C2\S[C@H](Nc3ccc(CC)cc3)NC2=O)cc(Br)c1OCC(=O)OCC. The number of ether oxygens (including phenoxy) is 2. The van der Waals surface area contributed by atoms with Gasteiger partial charge in [0.25, 0.3) is 5.91 Å². The van der Waals surface area contributed by atoms with E-state index in [1.165, 1.54) is 17.3 Å². The summed E-state index contributed by atoms with van der Waals surface area (Å²) in [4.78, 5) is 24.8. The fraction of sp³-hybridized carbons (Fsp3) is 0.280. The van der Waals surface area contributed by atoms with Crippen LogP contribution in [0.25, 0.3) is 6.08 Å². The molecule has 1 aliphatic heterocycles. The largest absolute Gasteiger partial charge is 0.480 e. The molecule has 1 aliphatic rings. The van der Waals surface area contributed by atoms with E-state index in [9.17, 15) is 9.59 Å². The zero-order chi connectivity index (χ0) is 23.8. The molecule has 2 aromatic carbocycles. The fourth-order valence-electron chi connectivity index (χ4n) is 3.26. The first-order chi connectivity index (χ1) is 15.9. The second-order valence-corrected chi connectivity index (χ2v) is 9.25. The second-order valence-electron chi connectivity index (χ2n) is 7.25. The van der Waals surface area contributed by atoms with Crippen LogP contribution in [0.3, 0.4) is 0 Å². The molecule has 2 aromatic rings. The maximum absolute atomic E-state index is 12.5. The number of carbonyl (C=O) groups excluding carboxylic acids is 2. The van der Waals surface area contributed by atoms with E-state index in [0.29, 0.717) is 28.2 Å². The van der Waals surface area contributed by atoms with Crippen LogP contribution in [-0.4, -0.2) is 30.6 Å². The van der Waals surface area contributed by atoms with E-state index in [-0.39, 0.29) is 18.0 Å². The van der Waals surface area contributed by atoms with Gasteiger partial charge in [-0.1, -0.05) is 36.9 Å². The van der Waals surface area contributed by atoms with Crippen molar-refractivity contribution in [2.24, 2.45) is 0 Å². The number of esters is 1. The summed E-state index contributed by atoms with van der Waals surface area (Å²) < 4.78 is 11.3. The van der Waals surface area contributed by atoms with Crippen LogP contribution < -0.4 is 15.4 Å². The number of hydrogen-bond donors (Lipinski definition) is 2. The summed E-state index contributed by atoms with van der Waals surface area (Å²) in [6.07, 6.45) is 5.13. The zero-order valence-corrected chi connectivity index (χ0v) is 21.1. The molecule has 174 valence electrons. The van der Waals surface area contributed by atoms with Gasteiger partial charge in [-0.15, -0.1) is 6.58 Å². The van der Waals surface area contributed by atoms with Crippen molar-refractivity contribution >= 4 is 51.3 Å². The summed E-state index contributed by atoms with van der Waals surface area (Å²) in [5.41, 5.74) is 3.65. The number of allylic oxidation sites excluding steroid dienone is 1. The first-order valence-electron chi connectivity index (χ1n) is 10.7. The molecule has 3 rings (SSSR count). The van der Waals surface area contributed by atoms with Crippen molar-refractivity contribution in [1.82, 2.24) is 5.32 Å². The van der Waals surface area contributed by atoms with Gasteiger partial charge in [0.15, 0.2) is 12.1 Å². The number of nitrogens with one attached hydrogen (secondary N) is 2. The molecule has 1 fully saturated rings. The molecule has 0 aliphatic carbocycles. The standard InChI is InChI=1S/C25H27BrN2O4S/c1-4-7-18-12-17(13-20(26)23(18)32-15-22(29)31-6-3)14-21-24(30)28-25(33-21)27-19-10-8-16(5-2)9-11-19/h4,8-14,25,27H,1,5-7,15H2,2-3H3,(H,28,30)/b21-14-/t25-/m1/s1. The Hall–Kier alpha value is -2.71. The van der Waals surface area contributed by atoms with Gasteiger partial charge in [0.05, 0.1) is 16.0 Å². The molecule has 1 atom stereocenters. The van der Waals surface area contributed by atoms with Gasteiger partial charge in [0, 0.05) is 5.69 Å². The summed E-state index contributed by atoms with van der Waals surface area (Å²) in [7, 11) is 0. The number of halogens is 1. The van der Waals surface area contributed by atoms with Gasteiger partial charge in [0.1, 0.15) is 5.75 Å². The predicted molar refractivity (Wildman–Crippen MR) is 137 cm³/mol. The van der Waals surface area contributed by atoms with Crippen LogP contribution in [0.5, 0.6) is 5.75 Å². The van der Waals surface area contributed by atoms with E-state index < -0.39 is 5.97 Å². The lowest BCUT2D eigenvalue weighted by molar-refractivity contribution is -0.145. The monoisotopic (exact) mass is 530 g/mol. The summed E-state index contributed by atoms with van der Waals surface area (Å²) in [6, 6.07) is 12.0. The number of carbonyl (C=O) groups is 2. The normalized spacial score (nSPS) is 16.4. The highest BCUT2D eigenvalue weighted by Gasteiger charge is 2.27. The molecular formula is C25H27BrN2O4S. The van der Waals surface area contributed by atoms with Gasteiger partial charge >= 0.3 is 5.97 Å². The first-order valence-corrected chi connectivity index (χ1v) is 12.4. The third-order valence-corrected chi connectivity index (χ3v) is 6.45. The molecule has 0 radical (unpaired) electrons. The molecule has 6 nitrogen and oxygen atoms in total. The molecule has 1 amide bonds. The van der Waals surface area contributed by atoms with Crippen molar-refractivity contribution in [2.45, 2.75) is 32.2 Å². The highest BCUT2D eigenvalue weighted by Crippen LogP contribution is 2.35. The summed E-state index contributed by atoms with van der Waals surface area (Å²) in [5.74, 6) is -0.00235. The first kappa shape index (κ1) is 24.9. The Bertz CT molecular complexity index is 1050. The number of amides is 1. The van der Waals surface area contributed by atoms with Gasteiger partial charge in [-0.25, -0.2) is 4.79 Å². The van der Waals surface area contributed by atoms with Crippen molar-refractivity contribution in [3.63, 3.8) is 0 Å². The van der Waals surface area contributed by atoms with Crippen LogP contribution in [0.15, 0.2) is 58.4 Å². The number of aryl methyl sites for hydroxylation is 1. The average Bonchev–Trinajstić information content (AvgIpc) is 3.12. The van der Waals surface area contributed by atoms with E-state index in [1.54, 1.807) is 13.0 Å². The van der Waals surface area contributed by atoms with Crippen LogP contribution in [0.1, 0.15) is 30.5 Å². The van der Waals surface area contributed by atoms with Crippen LogP contribution in [0.4, 0.5) is 5.69 Å². The molecule has 0 unspecified atom stereocenters. The molecule has 1 heterocycles. The van der Waals surface area contributed by atoms with Crippen molar-refractivity contribution in [2.75, 3.05) is 18.5 Å². The van der Waals surface area contributed by atoms with Crippen molar-refractivity contribution in [1.29, 1.82) is 0 Å². The van der Waals surface area contributed by atoms with Crippen LogP contribution >= 0.6 is 27.7 Å². The lowest BCUT2D eigenvalue weighted by Gasteiger charge is -2.14. The maximum atomic E-state index is 12.5. The average molecular weight is 531 g/mol. The minimum Gasteiger partial charge on any atom is -0.480 e. The molecule has 33 heavy (non-hydrogen) atoms. The van der Waals surface area contributed by atoms with Gasteiger partial charge in [-0.05, 0) is 82.7 Å². The topological polar surface area (TPSA) is 76.7 Å². The number of hydrogen-bond acceptors (Lipinski definition) is 6. The second kappa shape index (κ2) is 12.0. The van der Waals surface area contributed by atoms with Crippen molar-refractivity contribution in [3.8, 4) is 5.75 Å². The van der Waals surface area contributed by atoms with Gasteiger partial charge < -0.3 is 20.1 Å². The Morgan fingerprint density at radius 3 is 2.70 bits per heavy atom. The van der Waals surface area contributed by atoms with Crippen molar-refractivity contribution in [3.05, 3.63) is 75.1 Å². The quantitative estimate of drug-likeness (QED) is 0.247. The Labute approximate surface area is 206 Å². The zero-order valence-electron chi connectivity index (χ0n) is 18.7. The minimum absolute atomic E-state index is 0.133. The lowest BCUT2D eigenvalue weighted by atomic mass is 10.1. The number of benzene rings is 2. The Morgan fingerprint density at radius 2 is 2.03 bits per heavy atom. The summed E-state index contributed by atoms with van der Waals surface area (Å²) in [6.45, 7) is 7.79.